The van der Waals surface area contributed by atoms with Gasteiger partial charge in [-0.2, -0.15) is 0 Å². The molecule has 1 aromatic heterocycles. The van der Waals surface area contributed by atoms with Crippen molar-refractivity contribution in [3.8, 4) is 11.6 Å². The lowest BCUT2D eigenvalue weighted by Gasteiger charge is -2.43. The van der Waals surface area contributed by atoms with Crippen LogP contribution in [-0.4, -0.2) is 90.8 Å². The van der Waals surface area contributed by atoms with Crippen LogP contribution < -0.4 is 9.47 Å². The highest BCUT2D eigenvalue weighted by atomic mass is 16.9. The van der Waals surface area contributed by atoms with Crippen molar-refractivity contribution in [3.05, 3.63) is 18.2 Å². The SMILES string of the molecule is COC1CCCC1Oc1cccc2onc(OCC3CCN(CC4(O)CCOC5(C4)OC(=O)C(=O)O5)CC3)c12. The molecule has 1 N–H and O–H groups in total. The summed E-state index contributed by atoms with van der Waals surface area (Å²) < 4.78 is 39.0. The number of benzene rings is 1. The Kier molecular flexibility index (Phi) is 7.13. The Hall–Kier alpha value is -2.93. The van der Waals surface area contributed by atoms with E-state index in [4.69, 9.17) is 32.9 Å². The van der Waals surface area contributed by atoms with Gasteiger partial charge in [0.1, 0.15) is 17.2 Å². The molecule has 12 heteroatoms. The molecule has 212 valence electrons. The number of nitrogens with zero attached hydrogens (tertiary/aromatic N) is 2. The van der Waals surface area contributed by atoms with Gasteiger partial charge < -0.3 is 43.0 Å². The molecule has 1 saturated carbocycles. The molecule has 0 radical (unpaired) electrons. The van der Waals surface area contributed by atoms with E-state index in [0.717, 1.165) is 50.6 Å². The zero-order valence-electron chi connectivity index (χ0n) is 22.0. The van der Waals surface area contributed by atoms with E-state index in [1.807, 2.05) is 18.2 Å². The number of aliphatic hydroxyl groups is 1. The number of ether oxygens (including phenoxy) is 6. The molecule has 6 rings (SSSR count). The topological polar surface area (TPSA) is 139 Å². The summed E-state index contributed by atoms with van der Waals surface area (Å²) in [5.74, 6) is -2.60. The maximum Gasteiger partial charge on any atom is 0.422 e. The number of carbonyl (C=O) groups excluding carboxylic acids is 2. The summed E-state index contributed by atoms with van der Waals surface area (Å²) in [6, 6.07) is 5.64. The van der Waals surface area contributed by atoms with Crippen LogP contribution in [0.5, 0.6) is 11.6 Å². The lowest BCUT2D eigenvalue weighted by Crippen LogP contribution is -2.55. The Balaban J connectivity index is 1.03. The van der Waals surface area contributed by atoms with Gasteiger partial charge in [-0.25, -0.2) is 9.59 Å². The number of hydrogen-bond donors (Lipinski definition) is 1. The van der Waals surface area contributed by atoms with E-state index >= 15 is 0 Å². The van der Waals surface area contributed by atoms with Gasteiger partial charge >= 0.3 is 17.9 Å². The molecular formula is C27H34N2O10. The number of esters is 2. The van der Waals surface area contributed by atoms with Crippen LogP contribution in [0, 0.1) is 5.92 Å². The van der Waals surface area contributed by atoms with Crippen molar-refractivity contribution in [1.29, 1.82) is 0 Å². The molecule has 3 saturated heterocycles. The van der Waals surface area contributed by atoms with E-state index in [1.54, 1.807) is 7.11 Å². The Bertz CT molecular complexity index is 1190. The van der Waals surface area contributed by atoms with Crippen molar-refractivity contribution >= 4 is 22.9 Å². The molecule has 4 aliphatic rings. The molecule has 3 aliphatic heterocycles. The third-order valence-corrected chi connectivity index (χ3v) is 8.18. The molecule has 0 amide bonds. The van der Waals surface area contributed by atoms with Crippen molar-refractivity contribution < 1.29 is 47.6 Å². The number of piperidine rings is 1. The van der Waals surface area contributed by atoms with Gasteiger partial charge in [0.15, 0.2) is 5.58 Å². The third kappa shape index (κ3) is 5.43. The van der Waals surface area contributed by atoms with Crippen LogP contribution >= 0.6 is 0 Å². The first-order chi connectivity index (χ1) is 18.9. The number of fused-ring (bicyclic) bond motifs is 1. The fourth-order valence-electron chi connectivity index (χ4n) is 6.11. The first kappa shape index (κ1) is 26.3. The first-order valence-electron chi connectivity index (χ1n) is 13.6. The van der Waals surface area contributed by atoms with Crippen LogP contribution in [0.3, 0.4) is 0 Å². The summed E-state index contributed by atoms with van der Waals surface area (Å²) in [6.07, 6.45) is 5.03. The van der Waals surface area contributed by atoms with Crippen molar-refractivity contribution in [2.75, 3.05) is 40.0 Å². The average Bonchev–Trinajstić information content (AvgIpc) is 3.61. The van der Waals surface area contributed by atoms with Gasteiger partial charge in [-0.05, 0) is 68.4 Å². The van der Waals surface area contributed by atoms with E-state index < -0.39 is 23.5 Å². The van der Waals surface area contributed by atoms with Gasteiger partial charge in [0.05, 0.1) is 31.3 Å². The highest BCUT2D eigenvalue weighted by molar-refractivity contribution is 6.31. The van der Waals surface area contributed by atoms with Crippen molar-refractivity contribution in [1.82, 2.24) is 10.1 Å². The second-order valence-electron chi connectivity index (χ2n) is 11.0. The molecule has 12 nitrogen and oxygen atoms in total. The second kappa shape index (κ2) is 10.6. The highest BCUT2D eigenvalue weighted by Crippen LogP contribution is 2.39. The van der Waals surface area contributed by atoms with E-state index in [2.05, 4.69) is 10.1 Å². The number of hydrogen-bond acceptors (Lipinski definition) is 12. The fraction of sp³-hybridized carbons (Fsp3) is 0.667. The summed E-state index contributed by atoms with van der Waals surface area (Å²) in [7, 11) is 1.72. The van der Waals surface area contributed by atoms with E-state index in [0.29, 0.717) is 42.7 Å². The van der Waals surface area contributed by atoms with Crippen molar-refractivity contribution in [2.45, 2.75) is 68.7 Å². The number of likely N-dealkylation sites (tertiary alicyclic amines) is 1. The number of methoxy groups -OCH3 is 1. The average molecular weight is 547 g/mol. The maximum absolute atomic E-state index is 11.5. The molecule has 3 atom stereocenters. The van der Waals surface area contributed by atoms with Crippen LogP contribution in [0.4, 0.5) is 0 Å². The molecule has 39 heavy (non-hydrogen) atoms. The van der Waals surface area contributed by atoms with Crippen LogP contribution in [0.1, 0.15) is 44.9 Å². The Morgan fingerprint density at radius 1 is 1.10 bits per heavy atom. The molecule has 4 heterocycles. The van der Waals surface area contributed by atoms with Crippen LogP contribution in [0.2, 0.25) is 0 Å². The van der Waals surface area contributed by atoms with Crippen molar-refractivity contribution in [2.24, 2.45) is 5.92 Å². The van der Waals surface area contributed by atoms with E-state index in [-0.39, 0.29) is 25.2 Å². The largest absolute Gasteiger partial charge is 0.487 e. The molecule has 0 bridgehead atoms. The number of β-amino-alcohol motifs (C(OH)–C–C–N with tert-alkyl or cyclic N) is 1. The predicted molar refractivity (Wildman–Crippen MR) is 133 cm³/mol. The van der Waals surface area contributed by atoms with Gasteiger partial charge in [0.2, 0.25) is 0 Å². The van der Waals surface area contributed by atoms with E-state index in [1.165, 1.54) is 0 Å². The minimum absolute atomic E-state index is 0.0131. The summed E-state index contributed by atoms with van der Waals surface area (Å²) in [6.45, 7) is 2.49. The Labute approximate surface area is 225 Å². The van der Waals surface area contributed by atoms with Gasteiger partial charge in [-0.3, -0.25) is 0 Å². The van der Waals surface area contributed by atoms with Gasteiger partial charge in [0.25, 0.3) is 5.88 Å². The summed E-state index contributed by atoms with van der Waals surface area (Å²) >= 11 is 0. The molecule has 2 aromatic rings. The molecular weight excluding hydrogens is 512 g/mol. The van der Waals surface area contributed by atoms with Crippen LogP contribution in [-0.2, 0) is 28.5 Å². The minimum atomic E-state index is -1.82. The fourth-order valence-corrected chi connectivity index (χ4v) is 6.11. The quantitative estimate of drug-likeness (QED) is 0.383. The van der Waals surface area contributed by atoms with E-state index in [9.17, 15) is 14.7 Å². The number of carbonyl (C=O) groups is 2. The Morgan fingerprint density at radius 2 is 1.87 bits per heavy atom. The lowest BCUT2D eigenvalue weighted by atomic mass is 9.89. The van der Waals surface area contributed by atoms with Crippen LogP contribution in [0.25, 0.3) is 11.0 Å². The normalized spacial score (nSPS) is 29.6. The summed E-state index contributed by atoms with van der Waals surface area (Å²) in [5, 5.41) is 16.1. The lowest BCUT2D eigenvalue weighted by molar-refractivity contribution is -0.356. The second-order valence-corrected chi connectivity index (χ2v) is 11.0. The van der Waals surface area contributed by atoms with Gasteiger partial charge in [0, 0.05) is 20.1 Å². The highest BCUT2D eigenvalue weighted by Gasteiger charge is 2.57. The van der Waals surface area contributed by atoms with Gasteiger partial charge in [-0.1, -0.05) is 6.07 Å². The smallest absolute Gasteiger partial charge is 0.422 e. The molecule has 3 unspecified atom stereocenters. The predicted octanol–water partition coefficient (Wildman–Crippen LogP) is 2.16. The summed E-state index contributed by atoms with van der Waals surface area (Å²) in [5.41, 5.74) is -0.589. The third-order valence-electron chi connectivity index (χ3n) is 8.18. The zero-order chi connectivity index (χ0) is 27.0. The van der Waals surface area contributed by atoms with Crippen molar-refractivity contribution in [3.63, 3.8) is 0 Å². The number of aromatic nitrogens is 1. The molecule has 1 aliphatic carbocycles. The molecule has 4 fully saturated rings. The molecule has 1 spiro atoms. The zero-order valence-corrected chi connectivity index (χ0v) is 22.0. The molecule has 1 aromatic carbocycles. The minimum Gasteiger partial charge on any atom is -0.487 e. The Morgan fingerprint density at radius 3 is 2.64 bits per heavy atom. The first-order valence-corrected chi connectivity index (χ1v) is 13.6. The monoisotopic (exact) mass is 546 g/mol. The van der Waals surface area contributed by atoms with Crippen LogP contribution in [0.15, 0.2) is 22.7 Å². The standard InChI is InChI=1S/C27H34N2O10/c1-33-18-4-2-5-19(18)36-20-6-3-7-21-22(20)23(28-39-21)34-14-17-8-11-29(12-9-17)16-26(32)10-13-35-27(15-26)37-24(30)25(31)38-27/h3,6-7,17-19,32H,2,4-5,8-16H2,1H3. The number of rotatable bonds is 8. The van der Waals surface area contributed by atoms with Gasteiger partial charge in [-0.15, -0.1) is 0 Å². The summed E-state index contributed by atoms with van der Waals surface area (Å²) in [4.78, 5) is 25.2. The maximum atomic E-state index is 11.5.